The van der Waals surface area contributed by atoms with Crippen molar-refractivity contribution in [2.24, 2.45) is 0 Å². The molecule has 0 aromatic carbocycles. The van der Waals surface area contributed by atoms with E-state index in [1.165, 1.54) is 0 Å². The van der Waals surface area contributed by atoms with Gasteiger partial charge in [0, 0.05) is 0 Å². The van der Waals surface area contributed by atoms with Crippen LogP contribution in [0.3, 0.4) is 0 Å². The Kier molecular flexibility index (Phi) is 6.42. The number of hydrogen-bond donors (Lipinski definition) is 0. The van der Waals surface area contributed by atoms with Gasteiger partial charge in [-0.15, -0.1) is 0 Å². The van der Waals surface area contributed by atoms with Crippen molar-refractivity contribution in [2.75, 3.05) is 13.2 Å². The molecule has 0 aliphatic carbocycles. The number of hydrogen-bond acceptors (Lipinski definition) is 5. The van der Waals surface area contributed by atoms with Gasteiger partial charge in [0.2, 0.25) is 0 Å². The maximum Gasteiger partial charge on any atom is 0.195 e. The zero-order valence-electron chi connectivity index (χ0n) is 12.5. The largest absolute Gasteiger partial charge is 0.349 e. The highest BCUT2D eigenvalue weighted by atomic mass is 16.7. The Bertz CT molecular complexity index is 279. The quantitative estimate of drug-likeness (QED) is 0.686. The van der Waals surface area contributed by atoms with Crippen LogP contribution in [0.25, 0.3) is 0 Å². The summed E-state index contributed by atoms with van der Waals surface area (Å²) in [5.74, 6) is -0.0389. The standard InChI is InChI=1S/C15H26O5/c1-3-5-7-13-17-9-11(19-13)15(16)12-10-18-14(20-12)8-6-4-2/h11-14H,3-10H2,1-2H3/t11-,12+,13?,14?. The Labute approximate surface area is 120 Å². The molecule has 4 atom stereocenters. The minimum atomic E-state index is -0.490. The van der Waals surface area contributed by atoms with Crippen LogP contribution >= 0.6 is 0 Å². The highest BCUT2D eigenvalue weighted by Gasteiger charge is 2.39. The van der Waals surface area contributed by atoms with Crippen molar-refractivity contribution in [3.8, 4) is 0 Å². The molecular formula is C15H26O5. The molecule has 5 nitrogen and oxygen atoms in total. The first kappa shape index (κ1) is 15.9. The molecule has 0 N–H and O–H groups in total. The van der Waals surface area contributed by atoms with E-state index in [1.807, 2.05) is 0 Å². The molecular weight excluding hydrogens is 260 g/mol. The third kappa shape index (κ3) is 4.25. The van der Waals surface area contributed by atoms with E-state index in [9.17, 15) is 4.79 Å². The number of carbonyl (C=O) groups is 1. The van der Waals surface area contributed by atoms with Crippen molar-refractivity contribution < 1.29 is 23.7 Å². The summed E-state index contributed by atoms with van der Waals surface area (Å²) in [5.41, 5.74) is 0. The Balaban J connectivity index is 1.72. The predicted molar refractivity (Wildman–Crippen MR) is 73.3 cm³/mol. The number of ether oxygens (including phenoxy) is 4. The second-order valence-electron chi connectivity index (χ2n) is 5.46. The van der Waals surface area contributed by atoms with Gasteiger partial charge in [0.1, 0.15) is 12.2 Å². The fraction of sp³-hybridized carbons (Fsp3) is 0.933. The van der Waals surface area contributed by atoms with Crippen LogP contribution in [0.4, 0.5) is 0 Å². The predicted octanol–water partition coefficient (Wildman–Crippen LogP) is 2.42. The molecule has 0 radical (unpaired) electrons. The molecule has 2 heterocycles. The molecule has 2 saturated heterocycles. The lowest BCUT2D eigenvalue weighted by atomic mass is 10.1. The first-order valence-corrected chi connectivity index (χ1v) is 7.82. The van der Waals surface area contributed by atoms with Gasteiger partial charge in [-0.25, -0.2) is 0 Å². The SMILES string of the molecule is CCCCC1OC[C@@H](C(=O)[C@H]2COC(CCCC)O2)O1. The van der Waals surface area contributed by atoms with Crippen LogP contribution in [0.5, 0.6) is 0 Å². The number of rotatable bonds is 8. The molecule has 2 fully saturated rings. The van der Waals surface area contributed by atoms with E-state index in [1.54, 1.807) is 0 Å². The van der Waals surface area contributed by atoms with Crippen molar-refractivity contribution in [1.82, 2.24) is 0 Å². The first-order chi connectivity index (χ1) is 9.74. The summed E-state index contributed by atoms with van der Waals surface area (Å²) in [6.45, 7) is 4.93. The first-order valence-electron chi connectivity index (χ1n) is 7.82. The molecule has 0 aromatic heterocycles. The van der Waals surface area contributed by atoms with E-state index in [0.717, 1.165) is 38.5 Å². The molecule has 20 heavy (non-hydrogen) atoms. The van der Waals surface area contributed by atoms with Crippen LogP contribution in [0, 0.1) is 0 Å². The number of ketones is 1. The van der Waals surface area contributed by atoms with Gasteiger partial charge >= 0.3 is 0 Å². The lowest BCUT2D eigenvalue weighted by molar-refractivity contribution is -0.143. The third-order valence-electron chi connectivity index (χ3n) is 3.72. The second kappa shape index (κ2) is 8.08. The van der Waals surface area contributed by atoms with E-state index in [0.29, 0.717) is 13.2 Å². The average molecular weight is 286 g/mol. The lowest BCUT2D eigenvalue weighted by Gasteiger charge is -2.14. The molecule has 5 heteroatoms. The van der Waals surface area contributed by atoms with Crippen LogP contribution in [0.2, 0.25) is 0 Å². The van der Waals surface area contributed by atoms with Gasteiger partial charge < -0.3 is 18.9 Å². The average Bonchev–Trinajstić information content (AvgIpc) is 3.11. The second-order valence-corrected chi connectivity index (χ2v) is 5.46. The fourth-order valence-electron chi connectivity index (χ4n) is 2.46. The third-order valence-corrected chi connectivity index (χ3v) is 3.72. The van der Waals surface area contributed by atoms with E-state index in [4.69, 9.17) is 18.9 Å². The maximum absolute atomic E-state index is 12.3. The zero-order valence-corrected chi connectivity index (χ0v) is 12.5. The van der Waals surface area contributed by atoms with Crippen molar-refractivity contribution in [2.45, 2.75) is 77.2 Å². The molecule has 0 spiro atoms. The van der Waals surface area contributed by atoms with Crippen LogP contribution in [0.1, 0.15) is 52.4 Å². The summed E-state index contributed by atoms with van der Waals surface area (Å²) in [7, 11) is 0. The van der Waals surface area contributed by atoms with Crippen molar-refractivity contribution in [3.05, 3.63) is 0 Å². The molecule has 0 saturated carbocycles. The van der Waals surface area contributed by atoms with Crippen LogP contribution in [-0.4, -0.2) is 43.8 Å². The molecule has 0 bridgehead atoms. The summed E-state index contributed by atoms with van der Waals surface area (Å²) in [5, 5.41) is 0. The topological polar surface area (TPSA) is 54.0 Å². The molecule has 2 aliphatic heterocycles. The molecule has 2 unspecified atom stereocenters. The van der Waals surface area contributed by atoms with Gasteiger partial charge in [0.25, 0.3) is 0 Å². The normalized spacial score (nSPS) is 33.7. The Morgan fingerprint density at radius 3 is 1.75 bits per heavy atom. The molecule has 2 rings (SSSR count). The number of unbranched alkanes of at least 4 members (excludes halogenated alkanes) is 2. The van der Waals surface area contributed by atoms with Gasteiger partial charge in [0.15, 0.2) is 18.4 Å². The summed E-state index contributed by atoms with van der Waals surface area (Å²) in [6.07, 6.45) is 4.54. The Morgan fingerprint density at radius 1 is 0.900 bits per heavy atom. The van der Waals surface area contributed by atoms with Gasteiger partial charge in [-0.2, -0.15) is 0 Å². The monoisotopic (exact) mass is 286 g/mol. The van der Waals surface area contributed by atoms with Crippen LogP contribution in [-0.2, 0) is 23.7 Å². The van der Waals surface area contributed by atoms with E-state index < -0.39 is 12.2 Å². The zero-order chi connectivity index (χ0) is 14.4. The van der Waals surface area contributed by atoms with E-state index in [2.05, 4.69) is 13.8 Å². The minimum absolute atomic E-state index is 0.0389. The van der Waals surface area contributed by atoms with E-state index in [-0.39, 0.29) is 18.4 Å². The maximum atomic E-state index is 12.3. The molecule has 0 aromatic rings. The summed E-state index contributed by atoms with van der Waals surface area (Å²) >= 11 is 0. The van der Waals surface area contributed by atoms with E-state index >= 15 is 0 Å². The van der Waals surface area contributed by atoms with Gasteiger partial charge in [0.05, 0.1) is 13.2 Å². The summed E-state index contributed by atoms with van der Waals surface area (Å²) < 4.78 is 22.3. The minimum Gasteiger partial charge on any atom is -0.349 e. The Morgan fingerprint density at radius 2 is 1.35 bits per heavy atom. The molecule has 2 aliphatic rings. The van der Waals surface area contributed by atoms with Crippen molar-refractivity contribution in [1.29, 1.82) is 0 Å². The van der Waals surface area contributed by atoms with Crippen LogP contribution < -0.4 is 0 Å². The number of Topliss-reactive ketones (excluding diaryl/α,β-unsaturated/α-hetero) is 1. The number of carbonyl (C=O) groups excluding carboxylic acids is 1. The highest BCUT2D eigenvalue weighted by molar-refractivity contribution is 5.88. The van der Waals surface area contributed by atoms with Gasteiger partial charge in [-0.3, -0.25) is 4.79 Å². The van der Waals surface area contributed by atoms with Crippen LogP contribution in [0.15, 0.2) is 0 Å². The molecule has 116 valence electrons. The summed E-state index contributed by atoms with van der Waals surface area (Å²) in [6, 6.07) is 0. The Hall–Kier alpha value is -0.490. The van der Waals surface area contributed by atoms with Crippen molar-refractivity contribution >= 4 is 5.78 Å². The van der Waals surface area contributed by atoms with Gasteiger partial charge in [-0.05, 0) is 25.7 Å². The summed E-state index contributed by atoms with van der Waals surface area (Å²) in [4.78, 5) is 12.3. The van der Waals surface area contributed by atoms with Crippen molar-refractivity contribution in [3.63, 3.8) is 0 Å². The highest BCUT2D eigenvalue weighted by Crippen LogP contribution is 2.23. The lowest BCUT2D eigenvalue weighted by Crippen LogP contribution is -2.35. The molecule has 0 amide bonds. The smallest absolute Gasteiger partial charge is 0.195 e. The van der Waals surface area contributed by atoms with Gasteiger partial charge in [-0.1, -0.05) is 26.7 Å². The fourth-order valence-corrected chi connectivity index (χ4v) is 2.46.